The molecule has 0 rings (SSSR count). The van der Waals surface area contributed by atoms with Crippen molar-refractivity contribution in [2.24, 2.45) is 10.5 Å². The van der Waals surface area contributed by atoms with Gasteiger partial charge in [0.15, 0.2) is 0 Å². The molecule has 54 valence electrons. The Morgan fingerprint density at radius 3 is 1.89 bits per heavy atom. The van der Waals surface area contributed by atoms with Crippen molar-refractivity contribution in [3.8, 4) is 0 Å². The lowest BCUT2D eigenvalue weighted by Gasteiger charge is -2.16. The summed E-state index contributed by atoms with van der Waals surface area (Å²) in [6.07, 6.45) is 0. The number of nitrogens with zero attached hydrogens (tertiary/aromatic N) is 1. The molecule has 2 heteroatoms. The molecule has 0 aliphatic rings. The molecule has 2 nitrogen and oxygen atoms in total. The highest BCUT2D eigenvalue weighted by atomic mass is 15.3. The Morgan fingerprint density at radius 1 is 1.33 bits per heavy atom. The topological polar surface area (TPSA) is 24.4 Å². The molecule has 0 saturated heterocycles. The van der Waals surface area contributed by atoms with Gasteiger partial charge in [0, 0.05) is 18.2 Å². The Kier molecular flexibility index (Phi) is 2.68. The second-order valence-corrected chi connectivity index (χ2v) is 3.17. The molecule has 0 amide bonds. The first-order valence-corrected chi connectivity index (χ1v) is 3.20. The summed E-state index contributed by atoms with van der Waals surface area (Å²) in [6.45, 7) is 8.45. The molecule has 9 heavy (non-hydrogen) atoms. The van der Waals surface area contributed by atoms with E-state index in [0.717, 1.165) is 5.71 Å². The van der Waals surface area contributed by atoms with Gasteiger partial charge in [0.1, 0.15) is 0 Å². The van der Waals surface area contributed by atoms with Crippen molar-refractivity contribution >= 4 is 5.71 Å². The van der Waals surface area contributed by atoms with Gasteiger partial charge in [0.2, 0.25) is 0 Å². The van der Waals surface area contributed by atoms with Gasteiger partial charge in [0.05, 0.1) is 0 Å². The zero-order valence-corrected chi connectivity index (χ0v) is 6.95. The first-order valence-electron chi connectivity index (χ1n) is 3.20. The molecule has 0 fully saturated rings. The summed E-state index contributed by atoms with van der Waals surface area (Å²) in [5.41, 5.74) is 4.09. The molecule has 0 aliphatic carbocycles. The predicted octanol–water partition coefficient (Wildman–Crippen LogP) is 1.63. The van der Waals surface area contributed by atoms with E-state index in [1.807, 2.05) is 14.0 Å². The van der Waals surface area contributed by atoms with Crippen LogP contribution in [-0.2, 0) is 0 Å². The second kappa shape index (κ2) is 2.85. The number of hydrogen-bond acceptors (Lipinski definition) is 2. The molecule has 0 atom stereocenters. The predicted molar refractivity (Wildman–Crippen MR) is 41.6 cm³/mol. The molecular weight excluding hydrogens is 112 g/mol. The van der Waals surface area contributed by atoms with E-state index < -0.39 is 0 Å². The Hall–Kier alpha value is -0.530. The van der Waals surface area contributed by atoms with Crippen LogP contribution in [0.2, 0.25) is 0 Å². The van der Waals surface area contributed by atoms with Crippen LogP contribution in [0.1, 0.15) is 27.7 Å². The molecule has 0 unspecified atom stereocenters. The summed E-state index contributed by atoms with van der Waals surface area (Å²) in [5, 5.41) is 4.06. The standard InChI is InChI=1S/C7H16N2/c1-6(9-8-5)7(2,3)4/h8H,1-5H3/b9-6+. The van der Waals surface area contributed by atoms with Crippen LogP contribution in [-0.4, -0.2) is 12.8 Å². The average Bonchev–Trinajstić information content (AvgIpc) is 1.64. The Balaban J connectivity index is 4.03. The normalized spacial score (nSPS) is 13.7. The van der Waals surface area contributed by atoms with Crippen LogP contribution >= 0.6 is 0 Å². The minimum Gasteiger partial charge on any atom is -0.313 e. The fourth-order valence-electron chi connectivity index (χ4n) is 0.335. The summed E-state index contributed by atoms with van der Waals surface area (Å²) in [4.78, 5) is 0. The maximum Gasteiger partial charge on any atom is 0.0400 e. The third-order valence-electron chi connectivity index (χ3n) is 1.36. The molecule has 0 spiro atoms. The molecule has 0 heterocycles. The van der Waals surface area contributed by atoms with E-state index in [2.05, 4.69) is 31.3 Å². The minimum absolute atomic E-state index is 0.197. The van der Waals surface area contributed by atoms with Crippen molar-refractivity contribution in [1.29, 1.82) is 0 Å². The molecule has 0 radical (unpaired) electrons. The lowest BCUT2D eigenvalue weighted by Crippen LogP contribution is -2.19. The maximum absolute atomic E-state index is 4.06. The van der Waals surface area contributed by atoms with E-state index in [-0.39, 0.29) is 5.41 Å². The van der Waals surface area contributed by atoms with Crippen molar-refractivity contribution in [1.82, 2.24) is 5.43 Å². The SMILES string of the molecule is CN/N=C(\C)C(C)(C)C. The van der Waals surface area contributed by atoms with Crippen LogP contribution in [0.5, 0.6) is 0 Å². The summed E-state index contributed by atoms with van der Waals surface area (Å²) in [5.74, 6) is 0. The van der Waals surface area contributed by atoms with E-state index in [4.69, 9.17) is 0 Å². The Labute approximate surface area is 57.3 Å². The third-order valence-corrected chi connectivity index (χ3v) is 1.36. The van der Waals surface area contributed by atoms with Gasteiger partial charge in [-0.2, -0.15) is 5.10 Å². The van der Waals surface area contributed by atoms with Crippen molar-refractivity contribution in [3.63, 3.8) is 0 Å². The van der Waals surface area contributed by atoms with Crippen molar-refractivity contribution < 1.29 is 0 Å². The van der Waals surface area contributed by atoms with E-state index in [9.17, 15) is 0 Å². The highest BCUT2D eigenvalue weighted by Crippen LogP contribution is 2.14. The number of nitrogens with one attached hydrogen (secondary N) is 1. The van der Waals surface area contributed by atoms with E-state index in [1.54, 1.807) is 0 Å². The number of hydrogen-bond donors (Lipinski definition) is 1. The van der Waals surface area contributed by atoms with Gasteiger partial charge in [-0.15, -0.1) is 0 Å². The highest BCUT2D eigenvalue weighted by molar-refractivity contribution is 5.86. The van der Waals surface area contributed by atoms with Crippen molar-refractivity contribution in [3.05, 3.63) is 0 Å². The number of hydrazone groups is 1. The van der Waals surface area contributed by atoms with Gasteiger partial charge < -0.3 is 5.43 Å². The molecule has 0 aliphatic heterocycles. The zero-order valence-electron chi connectivity index (χ0n) is 6.95. The van der Waals surface area contributed by atoms with E-state index >= 15 is 0 Å². The van der Waals surface area contributed by atoms with Crippen LogP contribution in [0.4, 0.5) is 0 Å². The fourth-order valence-corrected chi connectivity index (χ4v) is 0.335. The van der Waals surface area contributed by atoms with Gasteiger partial charge in [-0.05, 0) is 6.92 Å². The molecular formula is C7H16N2. The Bertz CT molecular complexity index is 109. The lowest BCUT2D eigenvalue weighted by atomic mass is 9.91. The first kappa shape index (κ1) is 8.47. The maximum atomic E-state index is 4.06. The summed E-state index contributed by atoms with van der Waals surface area (Å²) in [7, 11) is 1.81. The molecule has 1 N–H and O–H groups in total. The van der Waals surface area contributed by atoms with Gasteiger partial charge in [-0.3, -0.25) is 0 Å². The van der Waals surface area contributed by atoms with E-state index in [1.165, 1.54) is 0 Å². The third kappa shape index (κ3) is 3.12. The quantitative estimate of drug-likeness (QED) is 0.421. The lowest BCUT2D eigenvalue weighted by molar-refractivity contribution is 0.580. The minimum atomic E-state index is 0.197. The van der Waals surface area contributed by atoms with Gasteiger partial charge >= 0.3 is 0 Å². The summed E-state index contributed by atoms with van der Waals surface area (Å²) >= 11 is 0. The van der Waals surface area contributed by atoms with Gasteiger partial charge in [0.25, 0.3) is 0 Å². The summed E-state index contributed by atoms with van der Waals surface area (Å²) in [6, 6.07) is 0. The largest absolute Gasteiger partial charge is 0.313 e. The fraction of sp³-hybridized carbons (Fsp3) is 0.857. The van der Waals surface area contributed by atoms with Crippen LogP contribution in [0, 0.1) is 5.41 Å². The van der Waals surface area contributed by atoms with Crippen LogP contribution < -0.4 is 5.43 Å². The van der Waals surface area contributed by atoms with Crippen molar-refractivity contribution in [2.45, 2.75) is 27.7 Å². The highest BCUT2D eigenvalue weighted by Gasteiger charge is 2.13. The molecule has 0 aromatic carbocycles. The molecule has 0 saturated carbocycles. The van der Waals surface area contributed by atoms with Crippen molar-refractivity contribution in [2.75, 3.05) is 7.05 Å². The average molecular weight is 128 g/mol. The van der Waals surface area contributed by atoms with Crippen LogP contribution in [0.25, 0.3) is 0 Å². The Morgan fingerprint density at radius 2 is 1.78 bits per heavy atom. The van der Waals surface area contributed by atoms with E-state index in [0.29, 0.717) is 0 Å². The zero-order chi connectivity index (χ0) is 7.49. The van der Waals surface area contributed by atoms with Gasteiger partial charge in [-0.25, -0.2) is 0 Å². The van der Waals surface area contributed by atoms with Gasteiger partial charge in [-0.1, -0.05) is 20.8 Å². The first-order chi connectivity index (χ1) is 3.98. The molecule has 0 bridgehead atoms. The molecule has 0 aromatic rings. The number of rotatable bonds is 1. The smallest absolute Gasteiger partial charge is 0.0400 e. The molecule has 0 aromatic heterocycles. The summed E-state index contributed by atoms with van der Waals surface area (Å²) < 4.78 is 0. The van der Waals surface area contributed by atoms with Crippen LogP contribution in [0.15, 0.2) is 5.10 Å². The monoisotopic (exact) mass is 128 g/mol. The second-order valence-electron chi connectivity index (χ2n) is 3.17. The van der Waals surface area contributed by atoms with Crippen LogP contribution in [0.3, 0.4) is 0 Å².